The van der Waals surface area contributed by atoms with Gasteiger partial charge in [-0.2, -0.15) is 0 Å². The zero-order valence-electron chi connectivity index (χ0n) is 10.6. The van der Waals surface area contributed by atoms with Gasteiger partial charge in [0.2, 0.25) is 0 Å². The van der Waals surface area contributed by atoms with Crippen molar-refractivity contribution < 1.29 is 8.95 Å². The van der Waals surface area contributed by atoms with E-state index < -0.39 is 10.8 Å². The van der Waals surface area contributed by atoms with Gasteiger partial charge in [0.1, 0.15) is 0 Å². The number of ether oxygens (including phenoxy) is 1. The van der Waals surface area contributed by atoms with Crippen molar-refractivity contribution in [1.29, 1.82) is 0 Å². The summed E-state index contributed by atoms with van der Waals surface area (Å²) in [6.07, 6.45) is 1.98. The Labute approximate surface area is 115 Å². The molecular formula is C13H18ClNO2S. The van der Waals surface area contributed by atoms with E-state index >= 15 is 0 Å². The lowest BCUT2D eigenvalue weighted by Gasteiger charge is -2.19. The van der Waals surface area contributed by atoms with E-state index in [9.17, 15) is 4.21 Å². The Morgan fingerprint density at radius 3 is 2.89 bits per heavy atom. The molecule has 2 N–H and O–H groups in total. The lowest BCUT2D eigenvalue weighted by Crippen LogP contribution is -2.23. The predicted octanol–water partition coefficient (Wildman–Crippen LogP) is 2.99. The minimum Gasteiger partial charge on any atom is -0.399 e. The van der Waals surface area contributed by atoms with E-state index in [0.717, 1.165) is 12.8 Å². The highest BCUT2D eigenvalue weighted by Gasteiger charge is 2.32. The van der Waals surface area contributed by atoms with Crippen molar-refractivity contribution in [1.82, 2.24) is 0 Å². The SMILES string of the molecule is CC1(C)CCC(CS(=O)c2cc(N)ccc2Cl)O1. The van der Waals surface area contributed by atoms with Crippen molar-refractivity contribution in [3.8, 4) is 0 Å². The maximum absolute atomic E-state index is 12.3. The molecule has 1 saturated heterocycles. The zero-order chi connectivity index (χ0) is 13.3. The number of benzene rings is 1. The van der Waals surface area contributed by atoms with Gasteiger partial charge >= 0.3 is 0 Å². The van der Waals surface area contributed by atoms with Gasteiger partial charge in [0.15, 0.2) is 0 Å². The van der Waals surface area contributed by atoms with Gasteiger partial charge in [-0.15, -0.1) is 0 Å². The number of anilines is 1. The lowest BCUT2D eigenvalue weighted by molar-refractivity contribution is -0.00498. The molecule has 2 rings (SSSR count). The van der Waals surface area contributed by atoms with Gasteiger partial charge in [0.05, 0.1) is 38.2 Å². The summed E-state index contributed by atoms with van der Waals surface area (Å²) in [6.45, 7) is 4.12. The number of nitrogens with two attached hydrogens (primary N) is 1. The highest BCUT2D eigenvalue weighted by molar-refractivity contribution is 7.85. The number of nitrogen functional groups attached to an aromatic ring is 1. The molecule has 1 aliphatic heterocycles. The Morgan fingerprint density at radius 1 is 1.56 bits per heavy atom. The van der Waals surface area contributed by atoms with Gasteiger partial charge in [0.25, 0.3) is 0 Å². The van der Waals surface area contributed by atoms with Crippen molar-refractivity contribution in [3.05, 3.63) is 23.2 Å². The third-order valence-electron chi connectivity index (χ3n) is 3.09. The van der Waals surface area contributed by atoms with E-state index in [0.29, 0.717) is 21.4 Å². The molecule has 1 heterocycles. The van der Waals surface area contributed by atoms with Crippen molar-refractivity contribution in [2.24, 2.45) is 0 Å². The molecule has 100 valence electrons. The molecule has 0 spiro atoms. The zero-order valence-corrected chi connectivity index (χ0v) is 12.2. The molecule has 0 radical (unpaired) electrons. The molecule has 18 heavy (non-hydrogen) atoms. The Hall–Kier alpha value is -0.580. The summed E-state index contributed by atoms with van der Waals surface area (Å²) in [5.41, 5.74) is 6.17. The highest BCUT2D eigenvalue weighted by Crippen LogP contribution is 2.31. The second kappa shape index (κ2) is 5.19. The highest BCUT2D eigenvalue weighted by atomic mass is 35.5. The van der Waals surface area contributed by atoms with Crippen LogP contribution in [0, 0.1) is 0 Å². The molecule has 3 nitrogen and oxygen atoms in total. The standard InChI is InChI=1S/C13H18ClNO2S/c1-13(2)6-5-10(17-13)8-18(16)12-7-9(15)3-4-11(12)14/h3-4,7,10H,5-6,8,15H2,1-2H3. The Kier molecular flexibility index (Phi) is 3.99. The number of halogens is 1. The second-order valence-corrected chi connectivity index (χ2v) is 7.11. The fourth-order valence-electron chi connectivity index (χ4n) is 2.15. The fourth-order valence-corrected chi connectivity index (χ4v) is 3.83. The van der Waals surface area contributed by atoms with Gasteiger partial charge in [0, 0.05) is 5.69 Å². The molecular weight excluding hydrogens is 270 g/mol. The first-order chi connectivity index (χ1) is 8.37. The normalized spacial score (nSPS) is 24.1. The van der Waals surface area contributed by atoms with Crippen LogP contribution in [0.4, 0.5) is 5.69 Å². The molecule has 5 heteroatoms. The molecule has 1 aliphatic rings. The monoisotopic (exact) mass is 287 g/mol. The third-order valence-corrected chi connectivity index (χ3v) is 5.04. The van der Waals surface area contributed by atoms with Crippen LogP contribution in [-0.2, 0) is 15.5 Å². The number of hydrogen-bond donors (Lipinski definition) is 1. The largest absolute Gasteiger partial charge is 0.399 e. The topological polar surface area (TPSA) is 52.3 Å². The first-order valence-electron chi connectivity index (χ1n) is 5.99. The maximum atomic E-state index is 12.3. The first kappa shape index (κ1) is 13.8. The summed E-state index contributed by atoms with van der Waals surface area (Å²) in [4.78, 5) is 0.602. The summed E-state index contributed by atoms with van der Waals surface area (Å²) in [7, 11) is -1.17. The summed E-state index contributed by atoms with van der Waals surface area (Å²) in [5.74, 6) is 0.479. The van der Waals surface area contributed by atoms with Crippen LogP contribution in [-0.4, -0.2) is 21.7 Å². The average molecular weight is 288 g/mol. The van der Waals surface area contributed by atoms with Crippen LogP contribution in [0.2, 0.25) is 5.02 Å². The fraction of sp³-hybridized carbons (Fsp3) is 0.538. The van der Waals surface area contributed by atoms with E-state index in [2.05, 4.69) is 13.8 Å². The third kappa shape index (κ3) is 3.25. The smallest absolute Gasteiger partial charge is 0.0702 e. The maximum Gasteiger partial charge on any atom is 0.0702 e. The van der Waals surface area contributed by atoms with E-state index in [1.165, 1.54) is 0 Å². The molecule has 2 unspecified atom stereocenters. The molecule has 0 bridgehead atoms. The van der Waals surface area contributed by atoms with Crippen LogP contribution >= 0.6 is 11.6 Å². The lowest BCUT2D eigenvalue weighted by atomic mass is 10.1. The van der Waals surface area contributed by atoms with E-state index in [-0.39, 0.29) is 11.7 Å². The molecule has 1 aromatic rings. The van der Waals surface area contributed by atoms with Crippen molar-refractivity contribution in [3.63, 3.8) is 0 Å². The summed E-state index contributed by atoms with van der Waals surface area (Å²) in [6, 6.07) is 5.07. The van der Waals surface area contributed by atoms with Crippen molar-refractivity contribution in [2.45, 2.75) is 43.3 Å². The molecule has 0 amide bonds. The van der Waals surface area contributed by atoms with Gasteiger partial charge in [-0.05, 0) is 44.9 Å². The van der Waals surface area contributed by atoms with Gasteiger partial charge < -0.3 is 10.5 Å². The van der Waals surface area contributed by atoms with Crippen LogP contribution in [0.1, 0.15) is 26.7 Å². The molecule has 0 saturated carbocycles. The van der Waals surface area contributed by atoms with Crippen molar-refractivity contribution >= 4 is 28.1 Å². The van der Waals surface area contributed by atoms with Crippen LogP contribution in [0.25, 0.3) is 0 Å². The first-order valence-corrected chi connectivity index (χ1v) is 7.68. The predicted molar refractivity (Wildman–Crippen MR) is 75.3 cm³/mol. The molecule has 1 fully saturated rings. The van der Waals surface area contributed by atoms with E-state index in [1.807, 2.05) is 0 Å². The quantitative estimate of drug-likeness (QED) is 0.870. The second-order valence-electron chi connectivity index (χ2n) is 5.24. The molecule has 2 atom stereocenters. The van der Waals surface area contributed by atoms with Crippen LogP contribution in [0.3, 0.4) is 0 Å². The Morgan fingerprint density at radius 2 is 2.28 bits per heavy atom. The summed E-state index contributed by atoms with van der Waals surface area (Å²) >= 11 is 6.04. The van der Waals surface area contributed by atoms with Crippen LogP contribution < -0.4 is 5.73 Å². The molecule has 0 aliphatic carbocycles. The molecule has 0 aromatic heterocycles. The number of hydrogen-bond acceptors (Lipinski definition) is 3. The van der Waals surface area contributed by atoms with E-state index in [4.69, 9.17) is 22.1 Å². The summed E-state index contributed by atoms with van der Waals surface area (Å²) in [5, 5.41) is 0.500. The van der Waals surface area contributed by atoms with Crippen molar-refractivity contribution in [2.75, 3.05) is 11.5 Å². The van der Waals surface area contributed by atoms with Gasteiger partial charge in [-0.25, -0.2) is 0 Å². The minimum atomic E-state index is -1.17. The minimum absolute atomic E-state index is 0.0401. The molecule has 1 aromatic carbocycles. The average Bonchev–Trinajstić information content (AvgIpc) is 2.61. The van der Waals surface area contributed by atoms with Gasteiger partial charge in [-0.1, -0.05) is 11.6 Å². The van der Waals surface area contributed by atoms with Crippen LogP contribution in [0.5, 0.6) is 0 Å². The Bertz CT molecular complexity index is 476. The van der Waals surface area contributed by atoms with Gasteiger partial charge in [-0.3, -0.25) is 4.21 Å². The van der Waals surface area contributed by atoms with E-state index in [1.54, 1.807) is 18.2 Å². The Balaban J connectivity index is 2.06. The number of rotatable bonds is 3. The van der Waals surface area contributed by atoms with Crippen LogP contribution in [0.15, 0.2) is 23.1 Å². The summed E-state index contributed by atoms with van der Waals surface area (Å²) < 4.78 is 18.1.